The first-order valence-electron chi connectivity index (χ1n) is 7.31. The first kappa shape index (κ1) is 13.6. The molecule has 0 unspecified atom stereocenters. The normalized spacial score (nSPS) is 13.1. The molecule has 1 N–H and O–H groups in total. The number of benzene rings is 1. The summed E-state index contributed by atoms with van der Waals surface area (Å²) in [6.45, 7) is 5.46. The van der Waals surface area contributed by atoms with Crippen molar-refractivity contribution in [1.29, 1.82) is 0 Å². The van der Waals surface area contributed by atoms with Crippen molar-refractivity contribution in [2.45, 2.75) is 20.3 Å². The lowest BCUT2D eigenvalue weighted by Crippen LogP contribution is -2.29. The lowest BCUT2D eigenvalue weighted by molar-refractivity contribution is 0.0989. The Bertz CT molecular complexity index is 681. The van der Waals surface area contributed by atoms with Gasteiger partial charge in [0.15, 0.2) is 0 Å². The van der Waals surface area contributed by atoms with Gasteiger partial charge in [0.05, 0.1) is 0 Å². The van der Waals surface area contributed by atoms with Crippen LogP contribution in [0.15, 0.2) is 36.4 Å². The number of hydrogen-bond acceptors (Lipinski definition) is 3. The van der Waals surface area contributed by atoms with E-state index in [1.54, 1.807) is 0 Å². The predicted octanol–water partition coefficient (Wildman–Crippen LogP) is 3.02. The average molecular weight is 281 g/mol. The van der Waals surface area contributed by atoms with Gasteiger partial charge >= 0.3 is 0 Å². The number of fused-ring (bicyclic) bond motifs is 1. The van der Waals surface area contributed by atoms with Gasteiger partial charge in [-0.1, -0.05) is 18.2 Å². The van der Waals surface area contributed by atoms with Crippen molar-refractivity contribution in [3.05, 3.63) is 53.2 Å². The van der Waals surface area contributed by atoms with E-state index in [-0.39, 0.29) is 5.91 Å². The van der Waals surface area contributed by atoms with Gasteiger partial charge in [0, 0.05) is 30.0 Å². The van der Waals surface area contributed by atoms with E-state index in [2.05, 4.69) is 16.4 Å². The molecule has 0 aliphatic carbocycles. The van der Waals surface area contributed by atoms with Gasteiger partial charge in [-0.25, -0.2) is 4.98 Å². The topological polar surface area (TPSA) is 45.2 Å². The molecule has 4 heteroatoms. The Labute approximate surface area is 124 Å². The molecule has 21 heavy (non-hydrogen) atoms. The summed E-state index contributed by atoms with van der Waals surface area (Å²) in [6, 6.07) is 11.8. The number of nitrogens with zero attached hydrogens (tertiary/aromatic N) is 2. The summed E-state index contributed by atoms with van der Waals surface area (Å²) in [5, 5.41) is 3.17. The van der Waals surface area contributed by atoms with E-state index in [0.717, 1.165) is 36.7 Å². The quantitative estimate of drug-likeness (QED) is 0.940. The number of pyridine rings is 1. The minimum atomic E-state index is 0.0459. The minimum absolute atomic E-state index is 0.0459. The van der Waals surface area contributed by atoms with Gasteiger partial charge in [0.1, 0.15) is 5.82 Å². The maximum atomic E-state index is 12.8. The third-order valence-corrected chi connectivity index (χ3v) is 3.69. The average Bonchev–Trinajstić information content (AvgIpc) is 2.90. The second-order valence-electron chi connectivity index (χ2n) is 5.25. The Morgan fingerprint density at radius 2 is 2.14 bits per heavy atom. The fourth-order valence-electron chi connectivity index (χ4n) is 2.77. The van der Waals surface area contributed by atoms with Gasteiger partial charge in [-0.15, -0.1) is 0 Å². The first-order chi connectivity index (χ1) is 10.2. The van der Waals surface area contributed by atoms with E-state index < -0.39 is 0 Å². The Hall–Kier alpha value is -2.36. The van der Waals surface area contributed by atoms with Crippen LogP contribution in [0.3, 0.4) is 0 Å². The molecule has 2 aromatic rings. The maximum Gasteiger partial charge on any atom is 0.258 e. The van der Waals surface area contributed by atoms with Crippen molar-refractivity contribution in [2.24, 2.45) is 0 Å². The van der Waals surface area contributed by atoms with Crippen molar-refractivity contribution in [2.75, 3.05) is 23.3 Å². The monoisotopic (exact) mass is 281 g/mol. The number of aryl methyl sites for hydroxylation is 1. The number of para-hydroxylation sites is 1. The summed E-state index contributed by atoms with van der Waals surface area (Å²) in [5.74, 6) is 0.804. The summed E-state index contributed by atoms with van der Waals surface area (Å²) in [5.41, 5.74) is 3.81. The second kappa shape index (κ2) is 5.56. The molecule has 0 saturated heterocycles. The van der Waals surface area contributed by atoms with Gasteiger partial charge in [-0.2, -0.15) is 0 Å². The van der Waals surface area contributed by atoms with Crippen LogP contribution in [0.2, 0.25) is 0 Å². The molecule has 0 fully saturated rings. The fraction of sp³-hybridized carbons (Fsp3) is 0.294. The van der Waals surface area contributed by atoms with E-state index in [0.29, 0.717) is 5.56 Å². The van der Waals surface area contributed by atoms with Crippen LogP contribution in [0.5, 0.6) is 0 Å². The molecule has 0 bridgehead atoms. The van der Waals surface area contributed by atoms with Gasteiger partial charge in [0.2, 0.25) is 0 Å². The number of hydrogen-bond donors (Lipinski definition) is 1. The van der Waals surface area contributed by atoms with Crippen molar-refractivity contribution >= 4 is 17.4 Å². The summed E-state index contributed by atoms with van der Waals surface area (Å²) < 4.78 is 0. The highest BCUT2D eigenvalue weighted by molar-refractivity contribution is 6.07. The lowest BCUT2D eigenvalue weighted by Gasteiger charge is -2.18. The number of aromatic nitrogens is 1. The van der Waals surface area contributed by atoms with Crippen molar-refractivity contribution in [3.63, 3.8) is 0 Å². The SMILES string of the molecule is CCNc1cc(C(=O)N2CCc3ccccc32)cc(C)n1. The fourth-order valence-corrected chi connectivity index (χ4v) is 2.77. The maximum absolute atomic E-state index is 12.8. The number of nitrogens with one attached hydrogen (secondary N) is 1. The van der Waals surface area contributed by atoms with Crippen LogP contribution < -0.4 is 10.2 Å². The standard InChI is InChI=1S/C17H19N3O/c1-3-18-16-11-14(10-12(2)19-16)17(21)20-9-8-13-6-4-5-7-15(13)20/h4-7,10-11H,3,8-9H2,1-2H3,(H,18,19). The second-order valence-corrected chi connectivity index (χ2v) is 5.25. The molecule has 1 aliphatic rings. The Kier molecular flexibility index (Phi) is 3.60. The van der Waals surface area contributed by atoms with Crippen LogP contribution in [0.4, 0.5) is 11.5 Å². The number of amides is 1. The van der Waals surface area contributed by atoms with Gasteiger partial charge in [-0.3, -0.25) is 4.79 Å². The molecule has 0 saturated carbocycles. The smallest absolute Gasteiger partial charge is 0.258 e. The number of anilines is 2. The van der Waals surface area contributed by atoms with E-state index in [1.807, 2.05) is 49.1 Å². The van der Waals surface area contributed by atoms with E-state index in [1.165, 1.54) is 5.56 Å². The van der Waals surface area contributed by atoms with E-state index >= 15 is 0 Å². The highest BCUT2D eigenvalue weighted by Gasteiger charge is 2.25. The number of carbonyl (C=O) groups is 1. The summed E-state index contributed by atoms with van der Waals surface area (Å²) in [7, 11) is 0. The molecule has 0 atom stereocenters. The van der Waals surface area contributed by atoms with Crippen LogP contribution in [-0.4, -0.2) is 24.0 Å². The number of carbonyl (C=O) groups excluding carboxylic acids is 1. The molecule has 0 spiro atoms. The Morgan fingerprint density at radius 3 is 2.95 bits per heavy atom. The molecule has 1 amide bonds. The molecular formula is C17H19N3O. The van der Waals surface area contributed by atoms with Gasteiger partial charge in [0.25, 0.3) is 5.91 Å². The van der Waals surface area contributed by atoms with Crippen LogP contribution >= 0.6 is 0 Å². The molecule has 1 aliphatic heterocycles. The lowest BCUT2D eigenvalue weighted by atomic mass is 10.1. The van der Waals surface area contributed by atoms with Crippen molar-refractivity contribution < 1.29 is 4.79 Å². The highest BCUT2D eigenvalue weighted by atomic mass is 16.2. The summed E-state index contributed by atoms with van der Waals surface area (Å²) in [4.78, 5) is 19.0. The first-order valence-corrected chi connectivity index (χ1v) is 7.31. The highest BCUT2D eigenvalue weighted by Crippen LogP contribution is 2.29. The zero-order valence-corrected chi connectivity index (χ0v) is 12.4. The van der Waals surface area contributed by atoms with Crippen molar-refractivity contribution in [1.82, 2.24) is 4.98 Å². The summed E-state index contributed by atoms with van der Waals surface area (Å²) in [6.07, 6.45) is 0.923. The molecule has 4 nitrogen and oxygen atoms in total. The Balaban J connectivity index is 1.93. The third-order valence-electron chi connectivity index (χ3n) is 3.69. The van der Waals surface area contributed by atoms with Crippen LogP contribution in [0.1, 0.15) is 28.5 Å². The third kappa shape index (κ3) is 2.61. The molecule has 2 heterocycles. The minimum Gasteiger partial charge on any atom is -0.370 e. The summed E-state index contributed by atoms with van der Waals surface area (Å²) >= 11 is 0. The van der Waals surface area contributed by atoms with Crippen molar-refractivity contribution in [3.8, 4) is 0 Å². The van der Waals surface area contributed by atoms with Crippen LogP contribution in [0.25, 0.3) is 0 Å². The number of rotatable bonds is 3. The molecular weight excluding hydrogens is 262 g/mol. The van der Waals surface area contributed by atoms with Crippen LogP contribution in [0, 0.1) is 6.92 Å². The molecule has 108 valence electrons. The van der Waals surface area contributed by atoms with Gasteiger partial charge < -0.3 is 10.2 Å². The zero-order valence-electron chi connectivity index (χ0n) is 12.4. The van der Waals surface area contributed by atoms with Crippen LogP contribution in [-0.2, 0) is 6.42 Å². The molecule has 1 aromatic heterocycles. The Morgan fingerprint density at radius 1 is 1.33 bits per heavy atom. The largest absolute Gasteiger partial charge is 0.370 e. The predicted molar refractivity (Wildman–Crippen MR) is 85.0 cm³/mol. The van der Waals surface area contributed by atoms with E-state index in [9.17, 15) is 4.79 Å². The van der Waals surface area contributed by atoms with E-state index in [4.69, 9.17) is 0 Å². The molecule has 0 radical (unpaired) electrons. The van der Waals surface area contributed by atoms with Gasteiger partial charge in [-0.05, 0) is 44.0 Å². The molecule has 3 rings (SSSR count). The molecule has 1 aromatic carbocycles. The zero-order chi connectivity index (χ0) is 14.8.